The zero-order valence-electron chi connectivity index (χ0n) is 14.5. The number of rotatable bonds is 5. The summed E-state index contributed by atoms with van der Waals surface area (Å²) in [6.07, 6.45) is 4.38. The molecule has 1 aromatic carbocycles. The highest BCUT2D eigenvalue weighted by Gasteiger charge is 2.30. The van der Waals surface area contributed by atoms with Gasteiger partial charge in [0.05, 0.1) is 17.4 Å². The van der Waals surface area contributed by atoms with Gasteiger partial charge < -0.3 is 5.32 Å². The van der Waals surface area contributed by atoms with E-state index in [9.17, 15) is 9.59 Å². The van der Waals surface area contributed by atoms with Gasteiger partial charge >= 0.3 is 0 Å². The molecule has 0 aliphatic carbocycles. The lowest BCUT2D eigenvalue weighted by atomic mass is 10.1. The fourth-order valence-electron chi connectivity index (χ4n) is 2.89. The Kier molecular flexibility index (Phi) is 5.09. The van der Waals surface area contributed by atoms with Crippen molar-refractivity contribution in [2.75, 3.05) is 30.4 Å². The van der Waals surface area contributed by atoms with Gasteiger partial charge in [0, 0.05) is 18.9 Å². The first-order valence-corrected chi connectivity index (χ1v) is 8.35. The minimum atomic E-state index is -0.319. The molecule has 0 fully saturated rings. The van der Waals surface area contributed by atoms with Crippen LogP contribution >= 0.6 is 0 Å². The number of aromatic nitrogens is 1. The number of amides is 2. The van der Waals surface area contributed by atoms with Gasteiger partial charge in [-0.3, -0.25) is 24.4 Å². The Labute approximate surface area is 147 Å². The van der Waals surface area contributed by atoms with Crippen LogP contribution in [0.5, 0.6) is 0 Å². The molecule has 0 spiro atoms. The summed E-state index contributed by atoms with van der Waals surface area (Å²) >= 11 is 0. The third-order valence-corrected chi connectivity index (χ3v) is 4.56. The van der Waals surface area contributed by atoms with Gasteiger partial charge in [-0.1, -0.05) is 12.1 Å². The quantitative estimate of drug-likeness (QED) is 0.905. The second kappa shape index (κ2) is 7.44. The predicted octanol–water partition coefficient (Wildman–Crippen LogP) is 1.93. The summed E-state index contributed by atoms with van der Waals surface area (Å²) in [6, 6.07) is 11.0. The number of nitrogens with zero attached hydrogens (tertiary/aromatic N) is 3. The lowest BCUT2D eigenvalue weighted by Crippen LogP contribution is -2.50. The highest BCUT2D eigenvalue weighted by atomic mass is 16.2. The number of fused-ring (bicyclic) bond motifs is 1. The van der Waals surface area contributed by atoms with Crippen molar-refractivity contribution >= 4 is 23.2 Å². The summed E-state index contributed by atoms with van der Waals surface area (Å²) in [7, 11) is 1.93. The number of anilines is 2. The van der Waals surface area contributed by atoms with Crippen LogP contribution in [0.1, 0.15) is 12.5 Å². The lowest BCUT2D eigenvalue weighted by Gasteiger charge is -2.33. The van der Waals surface area contributed by atoms with E-state index in [-0.39, 0.29) is 24.4 Å². The maximum Gasteiger partial charge on any atom is 0.244 e. The van der Waals surface area contributed by atoms with Gasteiger partial charge in [-0.15, -0.1) is 0 Å². The van der Waals surface area contributed by atoms with Crippen molar-refractivity contribution in [2.24, 2.45) is 0 Å². The number of likely N-dealkylation sites (N-methyl/N-ethyl adjacent to an activating group) is 1. The van der Waals surface area contributed by atoms with Gasteiger partial charge in [0.25, 0.3) is 0 Å². The molecule has 0 bridgehead atoms. The number of carbonyl (C=O) groups excluding carboxylic acids is 2. The van der Waals surface area contributed by atoms with E-state index in [1.54, 1.807) is 17.3 Å². The van der Waals surface area contributed by atoms with Crippen LogP contribution in [-0.2, 0) is 16.0 Å². The number of hydrogen-bond donors (Lipinski definition) is 1. The number of hydrogen-bond acceptors (Lipinski definition) is 4. The molecule has 1 aliphatic rings. The van der Waals surface area contributed by atoms with Crippen LogP contribution in [0.3, 0.4) is 0 Å². The smallest absolute Gasteiger partial charge is 0.244 e. The third-order valence-electron chi connectivity index (χ3n) is 4.56. The second-order valence-electron chi connectivity index (χ2n) is 6.25. The van der Waals surface area contributed by atoms with Crippen LogP contribution < -0.4 is 10.2 Å². The van der Waals surface area contributed by atoms with E-state index in [2.05, 4.69) is 10.3 Å². The van der Waals surface area contributed by atoms with Gasteiger partial charge in [-0.2, -0.15) is 0 Å². The minimum Gasteiger partial charge on any atom is -0.323 e. The van der Waals surface area contributed by atoms with Crippen molar-refractivity contribution in [3.8, 4) is 0 Å². The summed E-state index contributed by atoms with van der Waals surface area (Å²) < 4.78 is 0. The highest BCUT2D eigenvalue weighted by Crippen LogP contribution is 2.29. The van der Waals surface area contributed by atoms with E-state index in [1.807, 2.05) is 55.3 Å². The van der Waals surface area contributed by atoms with Crippen LogP contribution in [-0.4, -0.2) is 47.9 Å². The van der Waals surface area contributed by atoms with E-state index < -0.39 is 0 Å². The topological polar surface area (TPSA) is 65.5 Å². The number of carbonyl (C=O) groups is 2. The fourth-order valence-corrected chi connectivity index (χ4v) is 2.89. The first kappa shape index (κ1) is 17.1. The molecule has 6 nitrogen and oxygen atoms in total. The van der Waals surface area contributed by atoms with Crippen LogP contribution in [0.25, 0.3) is 0 Å². The van der Waals surface area contributed by atoms with Crippen LogP contribution in [0, 0.1) is 0 Å². The molecule has 130 valence electrons. The van der Waals surface area contributed by atoms with Gasteiger partial charge in [-0.25, -0.2) is 0 Å². The Hall–Kier alpha value is -2.73. The van der Waals surface area contributed by atoms with E-state index in [0.717, 1.165) is 18.7 Å². The van der Waals surface area contributed by atoms with Crippen LogP contribution in [0.2, 0.25) is 0 Å². The molecule has 2 amide bonds. The SMILES string of the molecule is C[C@@H](C(=O)N1CC(=O)Nc2ccccc21)N(C)CCc1ccncc1. The molecule has 1 aliphatic heterocycles. The van der Waals surface area contributed by atoms with Gasteiger partial charge in [-0.05, 0) is 50.2 Å². The van der Waals surface area contributed by atoms with Crippen LogP contribution in [0.4, 0.5) is 11.4 Å². The summed E-state index contributed by atoms with van der Waals surface area (Å²) in [5, 5.41) is 2.81. The first-order chi connectivity index (χ1) is 12.1. The Morgan fingerprint density at radius 1 is 1.28 bits per heavy atom. The number of benzene rings is 1. The normalized spacial score (nSPS) is 14.8. The molecular weight excluding hydrogens is 316 g/mol. The molecule has 2 heterocycles. The molecule has 2 aromatic rings. The third kappa shape index (κ3) is 3.85. The Balaban J connectivity index is 1.68. The summed E-state index contributed by atoms with van der Waals surface area (Å²) in [5.74, 6) is -0.238. The van der Waals surface area contributed by atoms with E-state index in [4.69, 9.17) is 0 Å². The summed E-state index contributed by atoms with van der Waals surface area (Å²) in [6.45, 7) is 2.68. The number of pyridine rings is 1. The largest absolute Gasteiger partial charge is 0.323 e. The lowest BCUT2D eigenvalue weighted by molar-refractivity contribution is -0.125. The standard InChI is InChI=1S/C19H22N4O2/c1-14(22(2)12-9-15-7-10-20-11-8-15)19(25)23-13-18(24)21-16-5-3-4-6-17(16)23/h3-8,10-11,14H,9,12-13H2,1-2H3,(H,21,24)/t14-/m0/s1. The van der Waals surface area contributed by atoms with Crippen molar-refractivity contribution in [3.05, 3.63) is 54.4 Å². The van der Waals surface area contributed by atoms with Crippen LogP contribution in [0.15, 0.2) is 48.8 Å². The average Bonchev–Trinajstić information content (AvgIpc) is 2.65. The van der Waals surface area contributed by atoms with Crippen molar-refractivity contribution in [1.29, 1.82) is 0 Å². The highest BCUT2D eigenvalue weighted by molar-refractivity contribution is 6.11. The minimum absolute atomic E-state index is 0.0539. The molecule has 0 saturated carbocycles. The van der Waals surface area contributed by atoms with E-state index >= 15 is 0 Å². The van der Waals surface area contributed by atoms with Crippen molar-refractivity contribution in [1.82, 2.24) is 9.88 Å². The molecule has 25 heavy (non-hydrogen) atoms. The molecule has 1 aromatic heterocycles. The molecule has 0 unspecified atom stereocenters. The van der Waals surface area contributed by atoms with E-state index in [0.29, 0.717) is 5.69 Å². The molecular formula is C19H22N4O2. The summed E-state index contributed by atoms with van der Waals surface area (Å²) in [4.78, 5) is 32.5. The molecule has 3 rings (SSSR count). The van der Waals surface area contributed by atoms with Gasteiger partial charge in [0.2, 0.25) is 11.8 Å². The molecule has 1 N–H and O–H groups in total. The number of para-hydroxylation sites is 2. The van der Waals surface area contributed by atoms with Gasteiger partial charge in [0.15, 0.2) is 0 Å². The average molecular weight is 338 g/mol. The molecule has 6 heteroatoms. The Bertz CT molecular complexity index is 763. The van der Waals surface area contributed by atoms with Crippen molar-refractivity contribution in [2.45, 2.75) is 19.4 Å². The number of nitrogens with one attached hydrogen (secondary N) is 1. The van der Waals surface area contributed by atoms with Gasteiger partial charge in [0.1, 0.15) is 6.54 Å². The maximum atomic E-state index is 13.0. The second-order valence-corrected chi connectivity index (χ2v) is 6.25. The maximum absolute atomic E-state index is 13.0. The fraction of sp³-hybridized carbons (Fsp3) is 0.316. The Morgan fingerprint density at radius 3 is 2.76 bits per heavy atom. The van der Waals surface area contributed by atoms with Crippen molar-refractivity contribution < 1.29 is 9.59 Å². The monoisotopic (exact) mass is 338 g/mol. The molecule has 0 radical (unpaired) electrons. The first-order valence-electron chi connectivity index (χ1n) is 8.35. The molecule has 0 saturated heterocycles. The molecule has 1 atom stereocenters. The summed E-state index contributed by atoms with van der Waals surface area (Å²) in [5.41, 5.74) is 2.62. The zero-order valence-corrected chi connectivity index (χ0v) is 14.5. The van der Waals surface area contributed by atoms with Crippen molar-refractivity contribution in [3.63, 3.8) is 0 Å². The Morgan fingerprint density at radius 2 is 2.00 bits per heavy atom. The predicted molar refractivity (Wildman–Crippen MR) is 97.5 cm³/mol. The van der Waals surface area contributed by atoms with E-state index in [1.165, 1.54) is 5.56 Å². The zero-order chi connectivity index (χ0) is 17.8.